The molecule has 2 aliphatic carbocycles. The second-order valence-electron chi connectivity index (χ2n) is 15.5. The summed E-state index contributed by atoms with van der Waals surface area (Å²) < 4.78 is 24.5. The molecule has 0 bridgehead atoms. The largest absolute Gasteiger partial charge is 0.488 e. The Bertz CT molecular complexity index is 1420. The normalized spacial score (nSPS) is 17.1. The Labute approximate surface area is 277 Å². The lowest BCUT2D eigenvalue weighted by Crippen LogP contribution is -2.22. The Morgan fingerprint density at radius 1 is 0.800 bits per heavy atom. The first-order valence-corrected chi connectivity index (χ1v) is 24.3. The van der Waals surface area contributed by atoms with E-state index in [4.69, 9.17) is 30.5 Å². The van der Waals surface area contributed by atoms with Gasteiger partial charge in [0.25, 0.3) is 0 Å². The van der Waals surface area contributed by atoms with Gasteiger partial charge in [0.2, 0.25) is 0 Å². The van der Waals surface area contributed by atoms with E-state index in [-0.39, 0.29) is 11.2 Å². The van der Waals surface area contributed by atoms with E-state index in [1.807, 2.05) is 29.2 Å². The fraction of sp³-hybridized carbons (Fsp3) is 0.600. The summed E-state index contributed by atoms with van der Waals surface area (Å²) >= 11 is 5.32. The number of alkyl halides is 1. The maximum Gasteiger partial charge on any atom is 0.139 e. The van der Waals surface area contributed by atoms with Crippen molar-refractivity contribution in [3.05, 3.63) is 53.7 Å². The van der Waals surface area contributed by atoms with E-state index in [1.165, 1.54) is 36.1 Å². The van der Waals surface area contributed by atoms with Crippen LogP contribution in [0.25, 0.3) is 10.9 Å². The zero-order chi connectivity index (χ0) is 32.7. The summed E-state index contributed by atoms with van der Waals surface area (Å²) in [6.45, 7) is 21.4. The maximum atomic E-state index is 6.00. The number of aromatic nitrogens is 2. The molecule has 3 aliphatic rings. The fourth-order valence-corrected chi connectivity index (χ4v) is 6.04. The highest BCUT2D eigenvalue weighted by molar-refractivity contribution is 6.76. The van der Waals surface area contributed by atoms with Crippen LogP contribution in [0, 0.1) is 0 Å². The number of fused-ring (bicyclic) bond motifs is 2. The summed E-state index contributed by atoms with van der Waals surface area (Å²) in [7, 11) is -1.90. The van der Waals surface area contributed by atoms with Gasteiger partial charge in [-0.1, -0.05) is 56.9 Å². The van der Waals surface area contributed by atoms with Crippen LogP contribution in [-0.4, -0.2) is 62.6 Å². The number of rotatable bonds is 13. The second-order valence-corrected chi connectivity index (χ2v) is 27.0. The maximum absolute atomic E-state index is 6.00. The van der Waals surface area contributed by atoms with Gasteiger partial charge in [0.15, 0.2) is 0 Å². The molecule has 2 fully saturated rings. The predicted molar refractivity (Wildman–Crippen MR) is 193 cm³/mol. The van der Waals surface area contributed by atoms with Crippen LogP contribution in [0.15, 0.2) is 47.6 Å². The third-order valence-corrected chi connectivity index (χ3v) is 11.6. The lowest BCUT2D eigenvalue weighted by Gasteiger charge is -2.15. The molecule has 1 aromatic heterocycles. The zero-order valence-electron chi connectivity index (χ0n) is 28.7. The predicted octanol–water partition coefficient (Wildman–Crippen LogP) is 9.37. The van der Waals surface area contributed by atoms with E-state index in [1.54, 1.807) is 0 Å². The van der Waals surface area contributed by atoms with Crippen LogP contribution in [0.3, 0.4) is 0 Å². The number of ether oxygens (including phenoxy) is 4. The summed E-state index contributed by atoms with van der Waals surface area (Å²) in [6.07, 6.45) is 8.62. The molecule has 0 radical (unpaired) electrons. The lowest BCUT2D eigenvalue weighted by molar-refractivity contribution is 0.0791. The van der Waals surface area contributed by atoms with Crippen LogP contribution in [-0.2, 0) is 22.7 Å². The van der Waals surface area contributed by atoms with E-state index in [0.717, 1.165) is 55.0 Å². The molecule has 1 aliphatic heterocycles. The molecule has 0 spiro atoms. The summed E-state index contributed by atoms with van der Waals surface area (Å²) in [5.74, 6) is 1.92. The van der Waals surface area contributed by atoms with Crippen LogP contribution in [0.2, 0.25) is 51.4 Å². The van der Waals surface area contributed by atoms with E-state index < -0.39 is 16.1 Å². The van der Waals surface area contributed by atoms with Gasteiger partial charge in [-0.25, -0.2) is 4.68 Å². The van der Waals surface area contributed by atoms with Gasteiger partial charge in [0.05, 0.1) is 12.1 Å². The molecular formula is C35H54ClN3O4Si2. The molecule has 45 heavy (non-hydrogen) atoms. The topological polar surface area (TPSA) is 67.1 Å². The second kappa shape index (κ2) is 15.2. The first kappa shape index (κ1) is 35.7. The minimum atomic E-state index is -1.02. The smallest absolute Gasteiger partial charge is 0.139 e. The molecule has 3 aromatic rings. The van der Waals surface area contributed by atoms with Crippen molar-refractivity contribution in [3.63, 3.8) is 0 Å². The Kier molecular flexibility index (Phi) is 12.0. The number of hydrogen-bond donors (Lipinski definition) is 0. The van der Waals surface area contributed by atoms with Crippen LogP contribution in [0.5, 0.6) is 11.5 Å². The third-order valence-electron chi connectivity index (χ3n) is 8.06. The summed E-state index contributed by atoms with van der Waals surface area (Å²) in [5.41, 5.74) is 3.68. The quantitative estimate of drug-likeness (QED) is 0.103. The van der Waals surface area contributed by atoms with Gasteiger partial charge in [-0.05, 0) is 87.5 Å². The molecule has 0 unspecified atom stereocenters. The van der Waals surface area contributed by atoms with E-state index in [9.17, 15) is 0 Å². The first-order valence-electron chi connectivity index (χ1n) is 16.3. The standard InChI is InChI=1S/C17H26N2O2Si.C12H13NO.C6H15ClOSi/c1-17(7-8-17)21-15-5-6-16-14(11-15)12-19(18-16)13-20-9-10-22(2,3)4;1-12(4-5-12)14-11-3-2-9-7-13-8-10(9)6-11;1-9(2,3)5-4-8-6-7/h5-6,11-12H,7-10,13H2,1-4H3;2-3,6,8H,4-5,7H2,1H3;4-6H2,1-3H3. The van der Waals surface area contributed by atoms with Gasteiger partial charge in [-0.15, -0.1) is 0 Å². The first-order chi connectivity index (χ1) is 21.1. The molecule has 248 valence electrons. The number of nitrogens with zero attached hydrogens (tertiary/aromatic N) is 3. The molecule has 6 rings (SSSR count). The number of halogens is 1. The Morgan fingerprint density at radius 2 is 1.38 bits per heavy atom. The highest BCUT2D eigenvalue weighted by Gasteiger charge is 2.40. The van der Waals surface area contributed by atoms with Crippen molar-refractivity contribution >= 4 is 44.9 Å². The Hall–Kier alpha value is -2.18. The van der Waals surface area contributed by atoms with Crippen LogP contribution >= 0.6 is 11.6 Å². The van der Waals surface area contributed by atoms with Gasteiger partial charge in [0, 0.05) is 52.7 Å². The molecular weight excluding hydrogens is 618 g/mol. The molecule has 10 heteroatoms. The van der Waals surface area contributed by atoms with Crippen molar-refractivity contribution < 1.29 is 18.9 Å². The van der Waals surface area contributed by atoms with Crippen molar-refractivity contribution in [2.24, 2.45) is 4.99 Å². The third kappa shape index (κ3) is 12.9. The zero-order valence-corrected chi connectivity index (χ0v) is 31.5. The minimum absolute atomic E-state index is 0.0592. The van der Waals surface area contributed by atoms with Crippen molar-refractivity contribution in [3.8, 4) is 11.5 Å². The number of aliphatic imine (C=N–C) groups is 1. The highest BCUT2D eigenvalue weighted by atomic mass is 35.5. The van der Waals surface area contributed by atoms with Crippen molar-refractivity contribution in [1.29, 1.82) is 0 Å². The Balaban J connectivity index is 0.000000171. The molecule has 2 aromatic carbocycles. The van der Waals surface area contributed by atoms with E-state index in [0.29, 0.717) is 12.8 Å². The summed E-state index contributed by atoms with van der Waals surface area (Å²) in [6, 6.07) is 15.1. The number of hydrogen-bond acceptors (Lipinski definition) is 6. The molecule has 2 heterocycles. The minimum Gasteiger partial charge on any atom is -0.488 e. The average molecular weight is 672 g/mol. The highest BCUT2D eigenvalue weighted by Crippen LogP contribution is 2.40. The van der Waals surface area contributed by atoms with Crippen molar-refractivity contribution in [2.45, 2.75) is 115 Å². The van der Waals surface area contributed by atoms with Crippen LogP contribution in [0.4, 0.5) is 0 Å². The monoisotopic (exact) mass is 671 g/mol. The van der Waals surface area contributed by atoms with Gasteiger partial charge >= 0.3 is 0 Å². The van der Waals surface area contributed by atoms with Crippen molar-refractivity contribution in [2.75, 3.05) is 19.3 Å². The SMILES string of the molecule is CC1(Oc2ccc3c(c2)C=NC3)CC1.CC1(Oc2ccc3nn(COCC[Si](C)(C)C)cc3c2)CC1.C[Si](C)(C)CCOCCl. The fourth-order valence-electron chi connectivity index (χ4n) is 4.42. The van der Waals surface area contributed by atoms with E-state index in [2.05, 4.69) is 87.5 Å². The van der Waals surface area contributed by atoms with Crippen LogP contribution < -0.4 is 9.47 Å². The molecule has 0 N–H and O–H groups in total. The Morgan fingerprint density at radius 3 is 1.96 bits per heavy atom. The van der Waals surface area contributed by atoms with Crippen molar-refractivity contribution in [1.82, 2.24) is 9.78 Å². The molecule has 7 nitrogen and oxygen atoms in total. The molecule has 0 saturated heterocycles. The lowest BCUT2D eigenvalue weighted by atomic mass is 10.1. The van der Waals surface area contributed by atoms with Gasteiger partial charge in [-0.3, -0.25) is 4.99 Å². The van der Waals surface area contributed by atoms with Gasteiger partial charge in [-0.2, -0.15) is 5.10 Å². The molecule has 0 amide bonds. The number of benzene rings is 2. The van der Waals surface area contributed by atoms with Gasteiger partial charge < -0.3 is 18.9 Å². The average Bonchev–Trinajstić information content (AvgIpc) is 3.72. The summed E-state index contributed by atoms with van der Waals surface area (Å²) in [5, 5.41) is 5.65. The van der Waals surface area contributed by atoms with Gasteiger partial charge in [0.1, 0.15) is 35.5 Å². The molecule has 2 saturated carbocycles. The molecule has 0 atom stereocenters. The summed E-state index contributed by atoms with van der Waals surface area (Å²) in [4.78, 5) is 4.22. The van der Waals surface area contributed by atoms with E-state index >= 15 is 0 Å². The van der Waals surface area contributed by atoms with Crippen LogP contribution in [0.1, 0.15) is 50.7 Å².